The number of rotatable bonds is 3. The number of nitrogens with one attached hydrogen (secondary N) is 1. The molecule has 0 radical (unpaired) electrons. The SMILES string of the molecule is Nc1nc(OCCC(F)(F)F)c2[nH]cnc2n1. The van der Waals surface area contributed by atoms with Gasteiger partial charge in [-0.25, -0.2) is 4.98 Å². The molecule has 0 aliphatic rings. The van der Waals surface area contributed by atoms with Gasteiger partial charge in [-0.3, -0.25) is 0 Å². The largest absolute Gasteiger partial charge is 0.476 e. The second kappa shape index (κ2) is 4.07. The molecule has 2 aromatic rings. The van der Waals surface area contributed by atoms with Gasteiger partial charge in [0.2, 0.25) is 11.8 Å². The van der Waals surface area contributed by atoms with Crippen LogP contribution in [0.15, 0.2) is 6.33 Å². The molecule has 0 saturated carbocycles. The van der Waals surface area contributed by atoms with Crippen molar-refractivity contribution in [2.45, 2.75) is 12.6 Å². The van der Waals surface area contributed by atoms with Crippen molar-refractivity contribution in [3.8, 4) is 5.88 Å². The molecule has 9 heteroatoms. The Balaban J connectivity index is 2.15. The van der Waals surface area contributed by atoms with Crippen LogP contribution in [0.2, 0.25) is 0 Å². The zero-order valence-corrected chi connectivity index (χ0v) is 8.45. The van der Waals surface area contributed by atoms with Gasteiger partial charge in [-0.2, -0.15) is 23.1 Å². The van der Waals surface area contributed by atoms with Gasteiger partial charge in [0.15, 0.2) is 5.65 Å². The molecule has 0 aromatic carbocycles. The molecule has 0 fully saturated rings. The molecule has 0 bridgehead atoms. The molecule has 0 unspecified atom stereocenters. The molecule has 0 saturated heterocycles. The van der Waals surface area contributed by atoms with Gasteiger partial charge < -0.3 is 15.5 Å². The van der Waals surface area contributed by atoms with Crippen molar-refractivity contribution in [3.63, 3.8) is 0 Å². The Hall–Kier alpha value is -2.06. The van der Waals surface area contributed by atoms with Gasteiger partial charge in [0, 0.05) is 0 Å². The summed E-state index contributed by atoms with van der Waals surface area (Å²) in [4.78, 5) is 13.9. The molecule has 2 aromatic heterocycles. The maximum Gasteiger partial charge on any atom is 0.392 e. The number of aromatic nitrogens is 4. The van der Waals surface area contributed by atoms with E-state index in [1.165, 1.54) is 6.33 Å². The Bertz CT molecular complexity index is 523. The molecular formula is C8H8F3N5O. The minimum Gasteiger partial charge on any atom is -0.476 e. The van der Waals surface area contributed by atoms with Crippen molar-refractivity contribution in [3.05, 3.63) is 6.33 Å². The highest BCUT2D eigenvalue weighted by atomic mass is 19.4. The third-order valence-corrected chi connectivity index (χ3v) is 1.89. The Morgan fingerprint density at radius 1 is 1.35 bits per heavy atom. The maximum absolute atomic E-state index is 11.9. The van der Waals surface area contributed by atoms with E-state index in [1.807, 2.05) is 0 Å². The smallest absolute Gasteiger partial charge is 0.392 e. The summed E-state index contributed by atoms with van der Waals surface area (Å²) in [5.74, 6) is -0.138. The first-order valence-corrected chi connectivity index (χ1v) is 4.62. The van der Waals surface area contributed by atoms with Crippen molar-refractivity contribution in [1.29, 1.82) is 0 Å². The van der Waals surface area contributed by atoms with Crippen LogP contribution in [-0.2, 0) is 0 Å². The van der Waals surface area contributed by atoms with E-state index < -0.39 is 19.2 Å². The summed E-state index contributed by atoms with van der Waals surface area (Å²) in [6.45, 7) is -0.534. The van der Waals surface area contributed by atoms with Crippen molar-refractivity contribution in [2.75, 3.05) is 12.3 Å². The highest BCUT2D eigenvalue weighted by Gasteiger charge is 2.27. The molecule has 17 heavy (non-hydrogen) atoms. The Morgan fingerprint density at radius 2 is 2.12 bits per heavy atom. The molecule has 6 nitrogen and oxygen atoms in total. The third-order valence-electron chi connectivity index (χ3n) is 1.89. The van der Waals surface area contributed by atoms with Crippen LogP contribution in [0.4, 0.5) is 19.1 Å². The number of ether oxygens (including phenoxy) is 1. The number of nitrogens with two attached hydrogens (primary N) is 1. The highest BCUT2D eigenvalue weighted by Crippen LogP contribution is 2.22. The van der Waals surface area contributed by atoms with Gasteiger partial charge in [0.1, 0.15) is 5.52 Å². The summed E-state index contributed by atoms with van der Waals surface area (Å²) in [6.07, 6.45) is -4.01. The first-order chi connectivity index (χ1) is 7.96. The number of halogens is 3. The molecule has 2 rings (SSSR count). The number of aromatic amines is 1. The molecule has 0 amide bonds. The van der Waals surface area contributed by atoms with E-state index in [4.69, 9.17) is 10.5 Å². The van der Waals surface area contributed by atoms with Crippen LogP contribution < -0.4 is 10.5 Å². The van der Waals surface area contributed by atoms with Crippen LogP contribution in [-0.4, -0.2) is 32.7 Å². The number of fused-ring (bicyclic) bond motifs is 1. The fourth-order valence-electron chi connectivity index (χ4n) is 1.19. The summed E-state index contributed by atoms with van der Waals surface area (Å²) in [5, 5.41) is 0. The number of H-pyrrole nitrogens is 1. The first-order valence-electron chi connectivity index (χ1n) is 4.62. The van der Waals surface area contributed by atoms with Crippen LogP contribution in [0.5, 0.6) is 5.88 Å². The van der Waals surface area contributed by atoms with Crippen molar-refractivity contribution in [1.82, 2.24) is 19.9 Å². The highest BCUT2D eigenvalue weighted by molar-refractivity contribution is 5.76. The Labute approximate surface area is 93.0 Å². The number of nitrogen functional groups attached to an aromatic ring is 1. The van der Waals surface area contributed by atoms with Crippen molar-refractivity contribution >= 4 is 17.1 Å². The first kappa shape index (κ1) is 11.4. The van der Waals surface area contributed by atoms with Gasteiger partial charge in [-0.15, -0.1) is 0 Å². The van der Waals surface area contributed by atoms with Crippen molar-refractivity contribution < 1.29 is 17.9 Å². The molecule has 0 spiro atoms. The van der Waals surface area contributed by atoms with E-state index in [2.05, 4.69) is 19.9 Å². The molecule has 92 valence electrons. The fraction of sp³-hybridized carbons (Fsp3) is 0.375. The number of hydrogen-bond acceptors (Lipinski definition) is 5. The molecule has 2 heterocycles. The van der Waals surface area contributed by atoms with E-state index in [1.54, 1.807) is 0 Å². The topological polar surface area (TPSA) is 89.7 Å². The van der Waals surface area contributed by atoms with Crippen molar-refractivity contribution in [2.24, 2.45) is 0 Å². The lowest BCUT2D eigenvalue weighted by atomic mass is 10.4. The van der Waals surface area contributed by atoms with E-state index >= 15 is 0 Å². The van der Waals surface area contributed by atoms with Gasteiger partial charge in [0.05, 0.1) is 19.4 Å². The predicted molar refractivity (Wildman–Crippen MR) is 52.3 cm³/mol. The van der Waals surface area contributed by atoms with Crippen LogP contribution >= 0.6 is 0 Å². The number of alkyl halides is 3. The third kappa shape index (κ3) is 2.74. The molecule has 0 aliphatic carbocycles. The number of imidazole rings is 1. The second-order valence-corrected chi connectivity index (χ2v) is 3.20. The average molecular weight is 247 g/mol. The van der Waals surface area contributed by atoms with Crippen LogP contribution in [0, 0.1) is 0 Å². The molecule has 0 atom stereocenters. The van der Waals surface area contributed by atoms with Crippen LogP contribution in [0.3, 0.4) is 0 Å². The second-order valence-electron chi connectivity index (χ2n) is 3.20. The zero-order chi connectivity index (χ0) is 12.5. The van der Waals surface area contributed by atoms with E-state index in [0.29, 0.717) is 5.52 Å². The zero-order valence-electron chi connectivity index (χ0n) is 8.45. The van der Waals surface area contributed by atoms with E-state index in [-0.39, 0.29) is 17.5 Å². The number of anilines is 1. The molecular weight excluding hydrogens is 239 g/mol. The average Bonchev–Trinajstić information content (AvgIpc) is 2.63. The quantitative estimate of drug-likeness (QED) is 0.852. The summed E-state index contributed by atoms with van der Waals surface area (Å²) in [5.41, 5.74) is 5.93. The van der Waals surface area contributed by atoms with Gasteiger partial charge in [0.25, 0.3) is 0 Å². The standard InChI is InChI=1S/C8H8F3N5O/c9-8(10,11)1-2-17-6-4-5(14-3-13-4)15-7(12)16-6/h3H,1-2H2,(H3,12,13,14,15,16). The normalized spacial score (nSPS) is 11.9. The van der Waals surface area contributed by atoms with Gasteiger partial charge >= 0.3 is 6.18 Å². The lowest BCUT2D eigenvalue weighted by Crippen LogP contribution is -2.14. The Morgan fingerprint density at radius 3 is 2.82 bits per heavy atom. The monoisotopic (exact) mass is 247 g/mol. The van der Waals surface area contributed by atoms with E-state index in [0.717, 1.165) is 0 Å². The summed E-state index contributed by atoms with van der Waals surface area (Å²) < 4.78 is 40.7. The molecule has 3 N–H and O–H groups in total. The number of hydrogen-bond donors (Lipinski definition) is 2. The predicted octanol–water partition coefficient (Wildman–Crippen LogP) is 1.27. The van der Waals surface area contributed by atoms with E-state index in [9.17, 15) is 13.2 Å². The Kier molecular flexibility index (Phi) is 2.74. The van der Waals surface area contributed by atoms with Crippen LogP contribution in [0.1, 0.15) is 6.42 Å². The minimum absolute atomic E-state index is 0.0331. The summed E-state index contributed by atoms with van der Waals surface area (Å²) in [6, 6.07) is 0. The van der Waals surface area contributed by atoms with Gasteiger partial charge in [-0.1, -0.05) is 0 Å². The fourth-order valence-corrected chi connectivity index (χ4v) is 1.19. The number of nitrogens with zero attached hydrogens (tertiary/aromatic N) is 3. The van der Waals surface area contributed by atoms with Crippen LogP contribution in [0.25, 0.3) is 11.2 Å². The molecule has 0 aliphatic heterocycles. The minimum atomic E-state index is -4.27. The summed E-state index contributed by atoms with van der Waals surface area (Å²) in [7, 11) is 0. The lowest BCUT2D eigenvalue weighted by molar-refractivity contribution is -0.139. The van der Waals surface area contributed by atoms with Gasteiger partial charge in [-0.05, 0) is 0 Å². The summed E-state index contributed by atoms with van der Waals surface area (Å²) >= 11 is 0. The lowest BCUT2D eigenvalue weighted by Gasteiger charge is -2.08. The maximum atomic E-state index is 11.9.